The summed E-state index contributed by atoms with van der Waals surface area (Å²) in [6, 6.07) is 1.27. The Bertz CT molecular complexity index is 214. The molecule has 0 aliphatic carbocycles. The first-order valence-corrected chi connectivity index (χ1v) is 6.30. The average Bonchev–Trinajstić information content (AvgIpc) is 2.62. The Hall–Kier alpha value is -0.0500. The molecule has 0 bridgehead atoms. The number of hydrogen-bond donors (Lipinski definition) is 1. The summed E-state index contributed by atoms with van der Waals surface area (Å²) in [5.74, 6) is 0. The number of nitrogens with one attached hydrogen (secondary N) is 1. The van der Waals surface area contributed by atoms with Gasteiger partial charge in [0.15, 0.2) is 0 Å². The molecule has 0 aromatic heterocycles. The van der Waals surface area contributed by atoms with Crippen molar-refractivity contribution in [1.82, 2.24) is 10.2 Å². The van der Waals surface area contributed by atoms with E-state index in [0.717, 1.165) is 13.1 Å². The molecular formula is C12H23ClN2. The molecule has 1 saturated heterocycles. The van der Waals surface area contributed by atoms with Crippen molar-refractivity contribution in [2.24, 2.45) is 0 Å². The first-order valence-electron chi connectivity index (χ1n) is 5.86. The monoisotopic (exact) mass is 230 g/mol. The van der Waals surface area contributed by atoms with Crippen molar-refractivity contribution >= 4 is 11.6 Å². The highest BCUT2D eigenvalue weighted by Gasteiger charge is 2.23. The quantitative estimate of drug-likeness (QED) is 0.781. The summed E-state index contributed by atoms with van der Waals surface area (Å²) >= 11 is 5.70. The Morgan fingerprint density at radius 1 is 1.60 bits per heavy atom. The Morgan fingerprint density at radius 3 is 2.93 bits per heavy atom. The van der Waals surface area contributed by atoms with Crippen molar-refractivity contribution in [3.8, 4) is 0 Å². The maximum atomic E-state index is 5.70. The number of hydrogen-bond acceptors (Lipinski definition) is 2. The lowest BCUT2D eigenvalue weighted by Crippen LogP contribution is -2.40. The lowest BCUT2D eigenvalue weighted by molar-refractivity contribution is 0.263. The van der Waals surface area contributed by atoms with Crippen molar-refractivity contribution in [2.75, 3.05) is 19.6 Å². The summed E-state index contributed by atoms with van der Waals surface area (Å²) in [7, 11) is 0. The maximum Gasteiger partial charge on any atom is 0.0224 e. The predicted octanol–water partition coefficient (Wildman–Crippen LogP) is 2.59. The third-order valence-corrected chi connectivity index (χ3v) is 3.27. The highest BCUT2D eigenvalue weighted by atomic mass is 35.5. The topological polar surface area (TPSA) is 15.3 Å². The van der Waals surface area contributed by atoms with Crippen LogP contribution in [0.2, 0.25) is 0 Å². The zero-order chi connectivity index (χ0) is 11.3. The van der Waals surface area contributed by atoms with Crippen LogP contribution in [0.15, 0.2) is 11.1 Å². The molecule has 3 heteroatoms. The summed E-state index contributed by atoms with van der Waals surface area (Å²) in [5, 5.41) is 3.51. The molecular weight excluding hydrogens is 208 g/mol. The van der Waals surface area contributed by atoms with Crippen LogP contribution in [0.3, 0.4) is 0 Å². The van der Waals surface area contributed by atoms with Crippen LogP contribution in [0, 0.1) is 0 Å². The SMILES string of the molecule is CC(=CCl)CN1CCCC1CNC(C)C. The minimum absolute atomic E-state index is 0.581. The second kappa shape index (κ2) is 6.51. The molecule has 1 rings (SSSR count). The standard InChI is InChI=1S/C12H23ClN2/c1-10(2)14-8-12-5-4-6-15(12)9-11(3)7-13/h7,10,12,14H,4-6,8-9H2,1-3H3. The average molecular weight is 231 g/mol. The zero-order valence-corrected chi connectivity index (χ0v) is 10.8. The van der Waals surface area contributed by atoms with Gasteiger partial charge in [0.05, 0.1) is 0 Å². The van der Waals surface area contributed by atoms with E-state index >= 15 is 0 Å². The Kier molecular flexibility index (Phi) is 5.65. The van der Waals surface area contributed by atoms with E-state index in [1.165, 1.54) is 25.0 Å². The van der Waals surface area contributed by atoms with Gasteiger partial charge in [0.1, 0.15) is 0 Å². The second-order valence-corrected chi connectivity index (χ2v) is 5.00. The Labute approximate surface area is 98.7 Å². The van der Waals surface area contributed by atoms with Crippen LogP contribution in [-0.4, -0.2) is 36.6 Å². The summed E-state index contributed by atoms with van der Waals surface area (Å²) in [6.07, 6.45) is 2.63. The molecule has 0 amide bonds. The fourth-order valence-corrected chi connectivity index (χ4v) is 2.13. The van der Waals surface area contributed by atoms with Gasteiger partial charge in [-0.25, -0.2) is 0 Å². The first kappa shape index (κ1) is 13.0. The molecule has 1 N–H and O–H groups in total. The minimum Gasteiger partial charge on any atom is -0.313 e. The molecule has 1 aliphatic rings. The lowest BCUT2D eigenvalue weighted by Gasteiger charge is -2.25. The van der Waals surface area contributed by atoms with Crippen LogP contribution >= 0.6 is 11.6 Å². The van der Waals surface area contributed by atoms with Crippen LogP contribution in [0.5, 0.6) is 0 Å². The van der Waals surface area contributed by atoms with Crippen molar-refractivity contribution < 1.29 is 0 Å². The molecule has 15 heavy (non-hydrogen) atoms. The van der Waals surface area contributed by atoms with E-state index in [2.05, 4.69) is 31.0 Å². The molecule has 0 saturated carbocycles. The van der Waals surface area contributed by atoms with Crippen LogP contribution in [0.1, 0.15) is 33.6 Å². The van der Waals surface area contributed by atoms with Crippen LogP contribution in [-0.2, 0) is 0 Å². The fourth-order valence-electron chi connectivity index (χ4n) is 2.06. The van der Waals surface area contributed by atoms with E-state index in [-0.39, 0.29) is 0 Å². The van der Waals surface area contributed by atoms with Crippen molar-refractivity contribution in [2.45, 2.75) is 45.7 Å². The molecule has 0 spiro atoms. The van der Waals surface area contributed by atoms with Gasteiger partial charge in [0.25, 0.3) is 0 Å². The highest BCUT2D eigenvalue weighted by Crippen LogP contribution is 2.18. The third kappa shape index (κ3) is 4.54. The molecule has 88 valence electrons. The minimum atomic E-state index is 0.581. The molecule has 2 nitrogen and oxygen atoms in total. The van der Waals surface area contributed by atoms with Gasteiger partial charge < -0.3 is 5.32 Å². The number of halogens is 1. The summed E-state index contributed by atoms with van der Waals surface area (Å²) in [6.45, 7) is 9.83. The maximum absolute atomic E-state index is 5.70. The van der Waals surface area contributed by atoms with Gasteiger partial charge in [-0.2, -0.15) is 0 Å². The largest absolute Gasteiger partial charge is 0.313 e. The van der Waals surface area contributed by atoms with Gasteiger partial charge in [-0.05, 0) is 31.9 Å². The number of nitrogens with zero attached hydrogens (tertiary/aromatic N) is 1. The Morgan fingerprint density at radius 2 is 2.33 bits per heavy atom. The van der Waals surface area contributed by atoms with Crippen LogP contribution < -0.4 is 5.32 Å². The van der Waals surface area contributed by atoms with E-state index in [0.29, 0.717) is 12.1 Å². The number of rotatable bonds is 5. The number of likely N-dealkylation sites (tertiary alicyclic amines) is 1. The van der Waals surface area contributed by atoms with Crippen molar-refractivity contribution in [1.29, 1.82) is 0 Å². The second-order valence-electron chi connectivity index (χ2n) is 4.78. The van der Waals surface area contributed by atoms with Crippen molar-refractivity contribution in [3.05, 3.63) is 11.1 Å². The molecule has 1 heterocycles. The first-order chi connectivity index (χ1) is 7.13. The van der Waals surface area contributed by atoms with Gasteiger partial charge in [0, 0.05) is 30.7 Å². The predicted molar refractivity (Wildman–Crippen MR) is 67.3 cm³/mol. The smallest absolute Gasteiger partial charge is 0.0224 e. The molecule has 1 aliphatic heterocycles. The molecule has 0 aromatic rings. The van der Waals surface area contributed by atoms with E-state index < -0.39 is 0 Å². The van der Waals surface area contributed by atoms with E-state index in [1.807, 2.05) is 0 Å². The van der Waals surface area contributed by atoms with Gasteiger partial charge in [-0.15, -0.1) is 0 Å². The van der Waals surface area contributed by atoms with Gasteiger partial charge in [0.2, 0.25) is 0 Å². The molecule has 1 unspecified atom stereocenters. The highest BCUT2D eigenvalue weighted by molar-refractivity contribution is 6.25. The van der Waals surface area contributed by atoms with E-state index in [1.54, 1.807) is 5.54 Å². The molecule has 0 radical (unpaired) electrons. The van der Waals surface area contributed by atoms with E-state index in [9.17, 15) is 0 Å². The zero-order valence-electron chi connectivity index (χ0n) is 10.1. The Balaban J connectivity index is 2.36. The van der Waals surface area contributed by atoms with Gasteiger partial charge >= 0.3 is 0 Å². The van der Waals surface area contributed by atoms with E-state index in [4.69, 9.17) is 11.6 Å². The van der Waals surface area contributed by atoms with Crippen LogP contribution in [0.25, 0.3) is 0 Å². The third-order valence-electron chi connectivity index (χ3n) is 2.90. The normalized spacial score (nSPS) is 24.1. The molecule has 1 fully saturated rings. The summed E-state index contributed by atoms with van der Waals surface area (Å²) in [5.41, 5.74) is 2.96. The van der Waals surface area contributed by atoms with Gasteiger partial charge in [-0.3, -0.25) is 4.90 Å². The van der Waals surface area contributed by atoms with Crippen LogP contribution in [0.4, 0.5) is 0 Å². The summed E-state index contributed by atoms with van der Waals surface area (Å²) in [4.78, 5) is 2.53. The molecule has 0 aromatic carbocycles. The molecule has 1 atom stereocenters. The summed E-state index contributed by atoms with van der Waals surface area (Å²) < 4.78 is 0. The lowest BCUT2D eigenvalue weighted by atomic mass is 10.2. The fraction of sp³-hybridized carbons (Fsp3) is 0.833. The van der Waals surface area contributed by atoms with Crippen molar-refractivity contribution in [3.63, 3.8) is 0 Å². The van der Waals surface area contributed by atoms with Gasteiger partial charge in [-0.1, -0.05) is 25.4 Å².